The molecule has 0 spiro atoms. The van der Waals surface area contributed by atoms with E-state index in [1.54, 1.807) is 25.3 Å². The van der Waals surface area contributed by atoms with Crippen LogP contribution in [-0.4, -0.2) is 37.3 Å². The maximum absolute atomic E-state index is 11.8. The average molecular weight is 352 g/mol. The van der Waals surface area contributed by atoms with Gasteiger partial charge in [0.15, 0.2) is 17.3 Å². The van der Waals surface area contributed by atoms with E-state index < -0.39 is 10.0 Å². The molecule has 0 fully saturated rings. The third-order valence-corrected chi connectivity index (χ3v) is 4.65. The standard InChI is InChI=1S/C17H24N2O4S/c1-4-5-6-7-12-23-15-9-8-14(13-16(15)22-2)17-18-10-11-19(17)24(3,20)21/h8-11,13H,4-7,12H2,1-3H3. The topological polar surface area (TPSA) is 70.4 Å². The van der Waals surface area contributed by atoms with E-state index in [1.807, 2.05) is 0 Å². The van der Waals surface area contributed by atoms with Crippen LogP contribution >= 0.6 is 0 Å². The van der Waals surface area contributed by atoms with E-state index in [2.05, 4.69) is 11.9 Å². The summed E-state index contributed by atoms with van der Waals surface area (Å²) < 4.78 is 35.9. The van der Waals surface area contributed by atoms with E-state index in [-0.39, 0.29) is 0 Å². The molecule has 7 heteroatoms. The lowest BCUT2D eigenvalue weighted by molar-refractivity contribution is 0.285. The lowest BCUT2D eigenvalue weighted by atomic mass is 10.2. The van der Waals surface area contributed by atoms with Gasteiger partial charge in [-0.3, -0.25) is 0 Å². The summed E-state index contributed by atoms with van der Waals surface area (Å²) >= 11 is 0. The number of imidazole rings is 1. The van der Waals surface area contributed by atoms with Crippen molar-refractivity contribution in [2.45, 2.75) is 32.6 Å². The van der Waals surface area contributed by atoms with Gasteiger partial charge in [-0.05, 0) is 24.6 Å². The number of ether oxygens (including phenoxy) is 2. The van der Waals surface area contributed by atoms with Crippen molar-refractivity contribution in [2.75, 3.05) is 20.0 Å². The number of unbranched alkanes of at least 4 members (excludes halogenated alkanes) is 3. The van der Waals surface area contributed by atoms with E-state index in [0.29, 0.717) is 29.5 Å². The van der Waals surface area contributed by atoms with E-state index >= 15 is 0 Å². The van der Waals surface area contributed by atoms with Crippen molar-refractivity contribution >= 4 is 10.0 Å². The zero-order chi connectivity index (χ0) is 17.6. The molecule has 132 valence electrons. The Morgan fingerprint density at radius 2 is 1.96 bits per heavy atom. The fourth-order valence-corrected chi connectivity index (χ4v) is 3.14. The molecule has 2 aromatic rings. The van der Waals surface area contributed by atoms with E-state index in [1.165, 1.54) is 25.2 Å². The van der Waals surface area contributed by atoms with Gasteiger partial charge in [0, 0.05) is 18.0 Å². The van der Waals surface area contributed by atoms with Gasteiger partial charge in [-0.15, -0.1) is 0 Å². The first kappa shape index (κ1) is 18.3. The van der Waals surface area contributed by atoms with Gasteiger partial charge in [0.05, 0.1) is 20.0 Å². The Bertz CT molecular complexity index is 769. The van der Waals surface area contributed by atoms with Crippen LogP contribution in [0.5, 0.6) is 11.5 Å². The molecule has 0 aliphatic carbocycles. The second-order valence-electron chi connectivity index (χ2n) is 5.58. The zero-order valence-corrected chi connectivity index (χ0v) is 15.2. The van der Waals surface area contributed by atoms with E-state index in [4.69, 9.17) is 9.47 Å². The lowest BCUT2D eigenvalue weighted by Crippen LogP contribution is -2.10. The molecule has 1 aromatic heterocycles. The second kappa shape index (κ2) is 8.19. The molecular weight excluding hydrogens is 328 g/mol. The van der Waals surface area contributed by atoms with Crippen LogP contribution in [0.3, 0.4) is 0 Å². The minimum atomic E-state index is -3.41. The van der Waals surface area contributed by atoms with E-state index in [9.17, 15) is 8.42 Å². The Morgan fingerprint density at radius 3 is 2.62 bits per heavy atom. The number of benzene rings is 1. The molecule has 2 rings (SSSR count). The fraction of sp³-hybridized carbons (Fsp3) is 0.471. The average Bonchev–Trinajstić information content (AvgIpc) is 3.04. The molecule has 1 aromatic carbocycles. The van der Waals surface area contributed by atoms with E-state index in [0.717, 1.165) is 23.1 Å². The highest BCUT2D eigenvalue weighted by atomic mass is 32.2. The van der Waals surface area contributed by atoms with Crippen molar-refractivity contribution in [3.05, 3.63) is 30.6 Å². The van der Waals surface area contributed by atoms with Gasteiger partial charge in [0.2, 0.25) is 10.0 Å². The number of methoxy groups -OCH3 is 1. The van der Waals surface area contributed by atoms with Gasteiger partial charge < -0.3 is 9.47 Å². The summed E-state index contributed by atoms with van der Waals surface area (Å²) in [5, 5.41) is 0. The molecule has 0 N–H and O–H groups in total. The summed E-state index contributed by atoms with van der Waals surface area (Å²) in [6, 6.07) is 5.31. The molecule has 0 saturated carbocycles. The van der Waals surface area contributed by atoms with Crippen molar-refractivity contribution < 1.29 is 17.9 Å². The van der Waals surface area contributed by atoms with Crippen LogP contribution in [0.1, 0.15) is 32.6 Å². The number of aromatic nitrogens is 2. The number of hydrogen-bond donors (Lipinski definition) is 0. The predicted octanol–water partition coefficient (Wildman–Crippen LogP) is 3.33. The Kier molecular flexibility index (Phi) is 6.25. The molecule has 0 radical (unpaired) electrons. The van der Waals surface area contributed by atoms with Crippen molar-refractivity contribution in [1.29, 1.82) is 0 Å². The molecule has 6 nitrogen and oxygen atoms in total. The van der Waals surface area contributed by atoms with Crippen LogP contribution in [0.15, 0.2) is 30.6 Å². The van der Waals surface area contributed by atoms with Crippen molar-refractivity contribution in [3.63, 3.8) is 0 Å². The van der Waals surface area contributed by atoms with Crippen molar-refractivity contribution in [1.82, 2.24) is 8.96 Å². The van der Waals surface area contributed by atoms with Crippen LogP contribution in [0.25, 0.3) is 11.4 Å². The number of nitrogens with zero attached hydrogens (tertiary/aromatic N) is 2. The van der Waals surface area contributed by atoms with Crippen molar-refractivity contribution in [2.24, 2.45) is 0 Å². The Hall–Kier alpha value is -2.02. The lowest BCUT2D eigenvalue weighted by Gasteiger charge is -2.12. The number of rotatable bonds is 9. The molecule has 0 aliphatic rings. The number of hydrogen-bond acceptors (Lipinski definition) is 5. The Morgan fingerprint density at radius 1 is 1.17 bits per heavy atom. The normalized spacial score (nSPS) is 11.5. The Labute approximate surface area is 143 Å². The first-order chi connectivity index (χ1) is 11.5. The molecule has 1 heterocycles. The maximum atomic E-state index is 11.8. The van der Waals surface area contributed by atoms with Gasteiger partial charge in [-0.25, -0.2) is 17.4 Å². The molecular formula is C17H24N2O4S. The first-order valence-corrected chi connectivity index (χ1v) is 9.87. The fourth-order valence-electron chi connectivity index (χ4n) is 2.40. The summed E-state index contributed by atoms with van der Waals surface area (Å²) in [5.41, 5.74) is 0.653. The van der Waals surface area contributed by atoms with Gasteiger partial charge in [-0.1, -0.05) is 26.2 Å². The smallest absolute Gasteiger partial charge is 0.237 e. The van der Waals surface area contributed by atoms with Gasteiger partial charge >= 0.3 is 0 Å². The minimum absolute atomic E-state index is 0.352. The van der Waals surface area contributed by atoms with Gasteiger partial charge in [0.1, 0.15) is 0 Å². The first-order valence-electron chi connectivity index (χ1n) is 8.02. The highest BCUT2D eigenvalue weighted by Crippen LogP contribution is 2.32. The van der Waals surface area contributed by atoms with Crippen LogP contribution in [0.2, 0.25) is 0 Å². The molecule has 0 amide bonds. The second-order valence-corrected chi connectivity index (χ2v) is 7.44. The third-order valence-electron chi connectivity index (χ3n) is 3.64. The van der Waals surface area contributed by atoms with Gasteiger partial charge in [0.25, 0.3) is 0 Å². The molecule has 0 saturated heterocycles. The summed E-state index contributed by atoms with van der Waals surface area (Å²) in [5.74, 6) is 1.56. The summed E-state index contributed by atoms with van der Waals surface area (Å²) in [6.45, 7) is 2.80. The summed E-state index contributed by atoms with van der Waals surface area (Å²) in [6.07, 6.45) is 8.55. The van der Waals surface area contributed by atoms with Crippen LogP contribution in [0.4, 0.5) is 0 Å². The van der Waals surface area contributed by atoms with Crippen LogP contribution in [0, 0.1) is 0 Å². The predicted molar refractivity (Wildman–Crippen MR) is 94.1 cm³/mol. The van der Waals surface area contributed by atoms with Crippen molar-refractivity contribution in [3.8, 4) is 22.9 Å². The third kappa shape index (κ3) is 4.50. The van der Waals surface area contributed by atoms with Gasteiger partial charge in [-0.2, -0.15) is 0 Å². The summed E-state index contributed by atoms with van der Waals surface area (Å²) in [4.78, 5) is 4.14. The Balaban J connectivity index is 2.19. The maximum Gasteiger partial charge on any atom is 0.237 e. The largest absolute Gasteiger partial charge is 0.493 e. The van der Waals surface area contributed by atoms with Crippen LogP contribution < -0.4 is 9.47 Å². The quantitative estimate of drug-likeness (QED) is 0.648. The summed E-state index contributed by atoms with van der Waals surface area (Å²) in [7, 11) is -1.85. The zero-order valence-electron chi connectivity index (χ0n) is 14.4. The monoisotopic (exact) mass is 352 g/mol. The molecule has 0 aliphatic heterocycles. The minimum Gasteiger partial charge on any atom is -0.493 e. The molecule has 24 heavy (non-hydrogen) atoms. The molecule has 0 atom stereocenters. The highest BCUT2D eigenvalue weighted by Gasteiger charge is 2.15. The molecule has 0 bridgehead atoms. The SMILES string of the molecule is CCCCCCOc1ccc(-c2nccn2S(C)(=O)=O)cc1OC. The molecule has 0 unspecified atom stereocenters. The highest BCUT2D eigenvalue weighted by molar-refractivity contribution is 7.89. The van der Waals surface area contributed by atoms with Crippen LogP contribution in [-0.2, 0) is 10.0 Å².